The van der Waals surface area contributed by atoms with Crippen LogP contribution >= 0.6 is 0 Å². The maximum absolute atomic E-state index is 12.6. The molecule has 152 valence electrons. The number of hydrogen-bond donors (Lipinski definition) is 0. The van der Waals surface area contributed by atoms with Gasteiger partial charge in [0.15, 0.2) is 5.75 Å². The van der Waals surface area contributed by atoms with Crippen LogP contribution < -0.4 is 13.7 Å². The standard InChI is InChI=1S/C17H15F3O7S/c1-24-11-5-7-14(25-2)12(9-11)10-4-6-15(13(8-10)16(21)26-3)27-28(22,23)17(18,19)20/h4-9H,1-3H3. The summed E-state index contributed by atoms with van der Waals surface area (Å²) >= 11 is 0. The van der Waals surface area contributed by atoms with Crippen molar-refractivity contribution in [2.24, 2.45) is 0 Å². The van der Waals surface area contributed by atoms with Crippen molar-refractivity contribution in [2.45, 2.75) is 5.51 Å². The second-order valence-corrected chi connectivity index (χ2v) is 6.79. The van der Waals surface area contributed by atoms with Crippen LogP contribution in [0.2, 0.25) is 0 Å². The lowest BCUT2D eigenvalue weighted by molar-refractivity contribution is -0.0500. The SMILES string of the molecule is COC(=O)c1cc(-c2cc(OC)ccc2OC)ccc1OS(=O)(=O)C(F)(F)F. The number of carbonyl (C=O) groups excluding carboxylic acids is 1. The fourth-order valence-corrected chi connectivity index (χ4v) is 2.72. The van der Waals surface area contributed by atoms with Crippen LogP contribution in [-0.4, -0.2) is 41.2 Å². The Morgan fingerprint density at radius 3 is 2.11 bits per heavy atom. The third kappa shape index (κ3) is 4.30. The Bertz CT molecular complexity index is 985. The van der Waals surface area contributed by atoms with Crippen molar-refractivity contribution in [3.05, 3.63) is 42.0 Å². The zero-order chi connectivity index (χ0) is 21.1. The summed E-state index contributed by atoms with van der Waals surface area (Å²) in [7, 11) is -2.14. The van der Waals surface area contributed by atoms with Crippen LogP contribution in [0.1, 0.15) is 10.4 Å². The molecule has 0 aliphatic rings. The largest absolute Gasteiger partial charge is 0.534 e. The van der Waals surface area contributed by atoms with Gasteiger partial charge in [0.25, 0.3) is 0 Å². The van der Waals surface area contributed by atoms with Crippen molar-refractivity contribution in [1.82, 2.24) is 0 Å². The molecule has 0 radical (unpaired) electrons. The molecule has 0 saturated heterocycles. The van der Waals surface area contributed by atoms with Gasteiger partial charge in [0.1, 0.15) is 17.1 Å². The molecule has 0 heterocycles. The van der Waals surface area contributed by atoms with Gasteiger partial charge in [0.2, 0.25) is 0 Å². The average Bonchev–Trinajstić information content (AvgIpc) is 2.66. The lowest BCUT2D eigenvalue weighted by Crippen LogP contribution is -2.28. The smallest absolute Gasteiger partial charge is 0.497 e. The van der Waals surface area contributed by atoms with Gasteiger partial charge in [-0.2, -0.15) is 21.6 Å². The van der Waals surface area contributed by atoms with Gasteiger partial charge in [-0.25, -0.2) is 4.79 Å². The van der Waals surface area contributed by atoms with Crippen LogP contribution in [-0.2, 0) is 14.9 Å². The molecule has 2 aromatic carbocycles. The maximum atomic E-state index is 12.6. The summed E-state index contributed by atoms with van der Waals surface area (Å²) in [5.74, 6) is -1.07. The Morgan fingerprint density at radius 1 is 0.929 bits per heavy atom. The minimum absolute atomic E-state index is 0.327. The highest BCUT2D eigenvalue weighted by molar-refractivity contribution is 7.88. The van der Waals surface area contributed by atoms with Gasteiger partial charge in [0, 0.05) is 5.56 Å². The molecule has 0 amide bonds. The number of halogens is 3. The van der Waals surface area contributed by atoms with Gasteiger partial charge in [-0.15, -0.1) is 0 Å². The Kier molecular flexibility index (Phi) is 6.07. The lowest BCUT2D eigenvalue weighted by atomic mass is 10.0. The van der Waals surface area contributed by atoms with Crippen LogP contribution in [0.3, 0.4) is 0 Å². The number of benzene rings is 2. The minimum atomic E-state index is -5.97. The quantitative estimate of drug-likeness (QED) is 0.402. The molecule has 0 unspecified atom stereocenters. The second-order valence-electron chi connectivity index (χ2n) is 5.25. The molecule has 0 bridgehead atoms. The van der Waals surface area contributed by atoms with E-state index in [0.29, 0.717) is 22.6 Å². The van der Waals surface area contributed by atoms with Crippen LogP contribution in [0.15, 0.2) is 36.4 Å². The Labute approximate surface area is 158 Å². The zero-order valence-electron chi connectivity index (χ0n) is 14.9. The molecule has 0 spiro atoms. The Morgan fingerprint density at radius 2 is 1.57 bits per heavy atom. The number of hydrogen-bond acceptors (Lipinski definition) is 7. The number of methoxy groups -OCH3 is 3. The van der Waals surface area contributed by atoms with E-state index < -0.39 is 32.9 Å². The Balaban J connectivity index is 2.62. The van der Waals surface area contributed by atoms with Crippen LogP contribution in [0.4, 0.5) is 13.2 Å². The van der Waals surface area contributed by atoms with Gasteiger partial charge < -0.3 is 18.4 Å². The molecule has 2 aromatic rings. The van der Waals surface area contributed by atoms with Crippen molar-refractivity contribution >= 4 is 16.1 Å². The molecule has 0 atom stereocenters. The van der Waals surface area contributed by atoms with E-state index in [-0.39, 0.29) is 0 Å². The number of ether oxygens (including phenoxy) is 3. The van der Waals surface area contributed by atoms with E-state index in [1.165, 1.54) is 20.3 Å². The molecule has 2 rings (SSSR count). The maximum Gasteiger partial charge on any atom is 0.534 e. The number of esters is 1. The highest BCUT2D eigenvalue weighted by atomic mass is 32.2. The molecule has 0 N–H and O–H groups in total. The summed E-state index contributed by atoms with van der Waals surface area (Å²) in [5, 5.41) is 0. The third-order valence-electron chi connectivity index (χ3n) is 3.59. The topological polar surface area (TPSA) is 88.1 Å². The number of carbonyl (C=O) groups is 1. The van der Waals surface area contributed by atoms with Gasteiger partial charge in [-0.05, 0) is 35.9 Å². The molecule has 0 aliphatic heterocycles. The molecule has 0 fully saturated rings. The van der Waals surface area contributed by atoms with E-state index in [1.54, 1.807) is 18.2 Å². The van der Waals surface area contributed by atoms with Gasteiger partial charge in [0.05, 0.1) is 21.3 Å². The van der Waals surface area contributed by atoms with E-state index in [9.17, 15) is 26.4 Å². The average molecular weight is 420 g/mol. The van der Waals surface area contributed by atoms with E-state index in [1.807, 2.05) is 0 Å². The van der Waals surface area contributed by atoms with E-state index in [4.69, 9.17) is 9.47 Å². The summed E-state index contributed by atoms with van der Waals surface area (Å²) < 4.78 is 79.4. The molecule has 28 heavy (non-hydrogen) atoms. The minimum Gasteiger partial charge on any atom is -0.497 e. The van der Waals surface area contributed by atoms with Crippen LogP contribution in [0.5, 0.6) is 17.2 Å². The summed E-state index contributed by atoms with van der Waals surface area (Å²) in [6.07, 6.45) is 0. The first-order valence-corrected chi connectivity index (χ1v) is 8.90. The molecular weight excluding hydrogens is 405 g/mol. The monoisotopic (exact) mass is 420 g/mol. The molecule has 7 nitrogen and oxygen atoms in total. The third-order valence-corrected chi connectivity index (χ3v) is 4.55. The molecule has 11 heteroatoms. The van der Waals surface area contributed by atoms with Crippen molar-refractivity contribution in [1.29, 1.82) is 0 Å². The Hall–Kier alpha value is -2.95. The van der Waals surface area contributed by atoms with E-state index >= 15 is 0 Å². The van der Waals surface area contributed by atoms with Gasteiger partial charge in [-0.1, -0.05) is 6.07 Å². The number of alkyl halides is 3. The van der Waals surface area contributed by atoms with Gasteiger partial charge >= 0.3 is 21.6 Å². The first-order chi connectivity index (χ1) is 13.0. The van der Waals surface area contributed by atoms with Gasteiger partial charge in [-0.3, -0.25) is 0 Å². The molecule has 0 saturated carbocycles. The zero-order valence-corrected chi connectivity index (χ0v) is 15.7. The fourth-order valence-electron chi connectivity index (χ4n) is 2.24. The predicted octanol–water partition coefficient (Wildman–Crippen LogP) is 3.39. The second kappa shape index (κ2) is 7.97. The number of rotatable bonds is 6. The normalized spacial score (nSPS) is 11.6. The summed E-state index contributed by atoms with van der Waals surface area (Å²) in [6, 6.07) is 8.10. The van der Waals surface area contributed by atoms with Crippen molar-refractivity contribution < 1.29 is 44.8 Å². The predicted molar refractivity (Wildman–Crippen MR) is 91.9 cm³/mol. The molecule has 0 aromatic heterocycles. The van der Waals surface area contributed by atoms with Crippen molar-refractivity contribution in [3.63, 3.8) is 0 Å². The van der Waals surface area contributed by atoms with Crippen LogP contribution in [0, 0.1) is 0 Å². The van der Waals surface area contributed by atoms with E-state index in [0.717, 1.165) is 19.2 Å². The van der Waals surface area contributed by atoms with Crippen molar-refractivity contribution in [2.75, 3.05) is 21.3 Å². The summed E-state index contributed by atoms with van der Waals surface area (Å²) in [4.78, 5) is 12.0. The van der Waals surface area contributed by atoms with Crippen LogP contribution in [0.25, 0.3) is 11.1 Å². The highest BCUT2D eigenvalue weighted by Crippen LogP contribution is 2.37. The molecule has 0 aliphatic carbocycles. The summed E-state index contributed by atoms with van der Waals surface area (Å²) in [5.41, 5.74) is -5.41. The fraction of sp³-hybridized carbons (Fsp3) is 0.235. The lowest BCUT2D eigenvalue weighted by Gasteiger charge is -2.15. The first-order valence-electron chi connectivity index (χ1n) is 7.49. The summed E-state index contributed by atoms with van der Waals surface area (Å²) in [6.45, 7) is 0. The molecular formula is C17H15F3O7S. The first kappa shape index (κ1) is 21.4. The highest BCUT2D eigenvalue weighted by Gasteiger charge is 2.49. The van der Waals surface area contributed by atoms with E-state index in [2.05, 4.69) is 8.92 Å². The van der Waals surface area contributed by atoms with Crippen molar-refractivity contribution in [3.8, 4) is 28.4 Å².